The monoisotopic (exact) mass is 278 g/mol. The van der Waals surface area contributed by atoms with Crippen LogP contribution in [0.4, 0.5) is 0 Å². The first kappa shape index (κ1) is 13.6. The Labute approximate surface area is 123 Å². The number of para-hydroxylation sites is 1. The normalized spacial score (nSPS) is 11.2. The Bertz CT molecular complexity index is 862. The second kappa shape index (κ2) is 5.17. The molecule has 0 aliphatic rings. The summed E-state index contributed by atoms with van der Waals surface area (Å²) in [5, 5.41) is 6.30. The van der Waals surface area contributed by atoms with Gasteiger partial charge in [-0.15, -0.1) is 0 Å². The van der Waals surface area contributed by atoms with E-state index in [2.05, 4.69) is 18.9 Å². The van der Waals surface area contributed by atoms with Gasteiger partial charge in [0.05, 0.1) is 16.8 Å². The minimum atomic E-state index is -0.0655. The molecule has 2 aromatic carbocycles. The summed E-state index contributed by atoms with van der Waals surface area (Å²) in [6, 6.07) is 15.5. The molecule has 0 saturated heterocycles. The third kappa shape index (κ3) is 2.25. The third-order valence-electron chi connectivity index (χ3n) is 3.72. The molecule has 106 valence electrons. The number of aromatic nitrogens is 2. The second-order valence-corrected chi connectivity index (χ2v) is 5.59. The molecule has 0 amide bonds. The van der Waals surface area contributed by atoms with E-state index in [0.29, 0.717) is 0 Å². The van der Waals surface area contributed by atoms with Crippen molar-refractivity contribution in [3.8, 4) is 5.69 Å². The van der Waals surface area contributed by atoms with Crippen molar-refractivity contribution in [3.05, 3.63) is 70.1 Å². The highest BCUT2D eigenvalue weighted by Crippen LogP contribution is 2.22. The Hall–Kier alpha value is -2.42. The van der Waals surface area contributed by atoms with Gasteiger partial charge >= 0.3 is 0 Å². The molecule has 1 heterocycles. The molecule has 0 radical (unpaired) electrons. The molecule has 3 aromatic rings. The van der Waals surface area contributed by atoms with E-state index in [1.165, 1.54) is 4.68 Å². The van der Waals surface area contributed by atoms with E-state index < -0.39 is 0 Å². The lowest BCUT2D eigenvalue weighted by Crippen LogP contribution is -2.24. The summed E-state index contributed by atoms with van der Waals surface area (Å²) in [6.07, 6.45) is 0. The smallest absolute Gasteiger partial charge is 0.267 e. The third-order valence-corrected chi connectivity index (χ3v) is 3.72. The van der Waals surface area contributed by atoms with Crippen LogP contribution in [0.1, 0.15) is 31.0 Å². The fourth-order valence-corrected chi connectivity index (χ4v) is 2.60. The molecule has 0 aliphatic heterocycles. The fraction of sp³-hybridized carbons (Fsp3) is 0.222. The Morgan fingerprint density at radius 3 is 2.24 bits per heavy atom. The highest BCUT2D eigenvalue weighted by Gasteiger charge is 2.14. The van der Waals surface area contributed by atoms with Crippen molar-refractivity contribution in [2.45, 2.75) is 26.7 Å². The quantitative estimate of drug-likeness (QED) is 0.714. The van der Waals surface area contributed by atoms with Crippen LogP contribution in [0.5, 0.6) is 0 Å². The number of benzene rings is 2. The first-order valence-electron chi connectivity index (χ1n) is 7.17. The predicted octanol–water partition coefficient (Wildman–Crippen LogP) is 3.82. The Balaban J connectivity index is 2.43. The maximum Gasteiger partial charge on any atom is 0.279 e. The summed E-state index contributed by atoms with van der Waals surface area (Å²) < 4.78 is 1.53. The van der Waals surface area contributed by atoms with Gasteiger partial charge in [-0.2, -0.15) is 9.78 Å². The van der Waals surface area contributed by atoms with E-state index >= 15 is 0 Å². The van der Waals surface area contributed by atoms with Crippen LogP contribution < -0.4 is 5.56 Å². The largest absolute Gasteiger partial charge is 0.279 e. The number of rotatable bonds is 2. The van der Waals surface area contributed by atoms with Gasteiger partial charge in [0.15, 0.2) is 0 Å². The second-order valence-electron chi connectivity index (χ2n) is 5.59. The van der Waals surface area contributed by atoms with Crippen LogP contribution in [0.2, 0.25) is 0 Å². The summed E-state index contributed by atoms with van der Waals surface area (Å²) in [7, 11) is 0. The van der Waals surface area contributed by atoms with Crippen LogP contribution in [0, 0.1) is 6.92 Å². The summed E-state index contributed by atoms with van der Waals surface area (Å²) in [4.78, 5) is 12.8. The van der Waals surface area contributed by atoms with Gasteiger partial charge in [0.2, 0.25) is 0 Å². The number of hydrogen-bond donors (Lipinski definition) is 0. The van der Waals surface area contributed by atoms with Crippen molar-refractivity contribution >= 4 is 10.8 Å². The number of nitrogens with zero attached hydrogens (tertiary/aromatic N) is 2. The van der Waals surface area contributed by atoms with Gasteiger partial charge in [0, 0.05) is 5.39 Å². The minimum Gasteiger partial charge on any atom is -0.267 e. The van der Waals surface area contributed by atoms with Crippen molar-refractivity contribution in [2.24, 2.45) is 0 Å². The van der Waals surface area contributed by atoms with E-state index in [1.807, 2.05) is 55.5 Å². The van der Waals surface area contributed by atoms with Crippen LogP contribution in [-0.2, 0) is 0 Å². The zero-order chi connectivity index (χ0) is 15.0. The molecule has 3 nitrogen and oxygen atoms in total. The molecule has 21 heavy (non-hydrogen) atoms. The lowest BCUT2D eigenvalue weighted by molar-refractivity contribution is 0.726. The summed E-state index contributed by atoms with van der Waals surface area (Å²) in [5.41, 5.74) is 2.77. The Kier molecular flexibility index (Phi) is 3.34. The Morgan fingerprint density at radius 1 is 0.952 bits per heavy atom. The molecule has 0 aliphatic carbocycles. The SMILES string of the molecule is Cc1ccccc1-n1nc(C(C)C)c2ccccc2c1=O. The maximum absolute atomic E-state index is 12.8. The Morgan fingerprint density at radius 2 is 1.57 bits per heavy atom. The predicted molar refractivity (Wildman–Crippen MR) is 86.2 cm³/mol. The molecule has 3 rings (SSSR count). The van der Waals surface area contributed by atoms with Crippen LogP contribution in [0.15, 0.2) is 53.3 Å². The average molecular weight is 278 g/mol. The molecule has 0 atom stereocenters. The van der Waals surface area contributed by atoms with E-state index in [1.54, 1.807) is 0 Å². The van der Waals surface area contributed by atoms with Gasteiger partial charge in [-0.1, -0.05) is 50.2 Å². The molecule has 0 saturated carbocycles. The van der Waals surface area contributed by atoms with Gasteiger partial charge in [0.1, 0.15) is 0 Å². The molecule has 1 aromatic heterocycles. The molecule has 0 spiro atoms. The summed E-state index contributed by atoms with van der Waals surface area (Å²) in [6.45, 7) is 6.19. The van der Waals surface area contributed by atoms with E-state index in [4.69, 9.17) is 0 Å². The van der Waals surface area contributed by atoms with Gasteiger partial charge in [0.25, 0.3) is 5.56 Å². The lowest BCUT2D eigenvalue weighted by Gasteiger charge is -2.14. The highest BCUT2D eigenvalue weighted by atomic mass is 16.1. The average Bonchev–Trinajstić information content (AvgIpc) is 2.48. The van der Waals surface area contributed by atoms with E-state index in [-0.39, 0.29) is 11.5 Å². The van der Waals surface area contributed by atoms with Gasteiger partial charge in [-0.3, -0.25) is 4.79 Å². The van der Waals surface area contributed by atoms with E-state index in [9.17, 15) is 4.79 Å². The van der Waals surface area contributed by atoms with Crippen molar-refractivity contribution < 1.29 is 0 Å². The summed E-state index contributed by atoms with van der Waals surface area (Å²) >= 11 is 0. The highest BCUT2D eigenvalue weighted by molar-refractivity contribution is 5.84. The molecule has 0 N–H and O–H groups in total. The zero-order valence-electron chi connectivity index (χ0n) is 12.5. The van der Waals surface area contributed by atoms with Gasteiger partial charge in [-0.25, -0.2) is 0 Å². The minimum absolute atomic E-state index is 0.0655. The summed E-state index contributed by atoms with van der Waals surface area (Å²) in [5.74, 6) is 0.255. The lowest BCUT2D eigenvalue weighted by atomic mass is 10.0. The van der Waals surface area contributed by atoms with Crippen molar-refractivity contribution in [1.82, 2.24) is 9.78 Å². The number of fused-ring (bicyclic) bond motifs is 1. The molecule has 0 fully saturated rings. The molecule has 0 unspecified atom stereocenters. The molecule has 3 heteroatoms. The van der Waals surface area contributed by atoms with Crippen molar-refractivity contribution in [3.63, 3.8) is 0 Å². The van der Waals surface area contributed by atoms with Crippen molar-refractivity contribution in [1.29, 1.82) is 0 Å². The van der Waals surface area contributed by atoms with Crippen LogP contribution in [-0.4, -0.2) is 9.78 Å². The topological polar surface area (TPSA) is 34.9 Å². The molecular formula is C18H18N2O. The standard InChI is InChI=1S/C18H18N2O/c1-12(2)17-14-9-5-6-10-15(14)18(21)20(19-17)16-11-7-4-8-13(16)3/h4-12H,1-3H3. The van der Waals surface area contributed by atoms with Gasteiger partial charge in [-0.05, 0) is 30.5 Å². The first-order chi connectivity index (χ1) is 10.1. The zero-order valence-corrected chi connectivity index (χ0v) is 12.5. The maximum atomic E-state index is 12.8. The number of aryl methyl sites for hydroxylation is 1. The van der Waals surface area contributed by atoms with Gasteiger partial charge < -0.3 is 0 Å². The van der Waals surface area contributed by atoms with E-state index in [0.717, 1.165) is 27.7 Å². The first-order valence-corrected chi connectivity index (χ1v) is 7.17. The van der Waals surface area contributed by atoms with Crippen LogP contribution in [0.3, 0.4) is 0 Å². The van der Waals surface area contributed by atoms with Crippen LogP contribution >= 0.6 is 0 Å². The van der Waals surface area contributed by atoms with Crippen LogP contribution in [0.25, 0.3) is 16.5 Å². The number of hydrogen-bond acceptors (Lipinski definition) is 2. The molecular weight excluding hydrogens is 260 g/mol. The fourth-order valence-electron chi connectivity index (χ4n) is 2.60. The molecule has 0 bridgehead atoms. The van der Waals surface area contributed by atoms with Crippen molar-refractivity contribution in [2.75, 3.05) is 0 Å².